The lowest BCUT2D eigenvalue weighted by atomic mass is 10.1. The van der Waals surface area contributed by atoms with Gasteiger partial charge in [-0.15, -0.1) is 0 Å². The maximum atomic E-state index is 12.8. The third-order valence-corrected chi connectivity index (χ3v) is 3.95. The number of rotatable bonds is 8. The Bertz CT molecular complexity index is 1070. The van der Waals surface area contributed by atoms with Crippen molar-refractivity contribution in [3.8, 4) is 5.75 Å². The molecule has 2 rings (SSSR count). The van der Waals surface area contributed by atoms with E-state index >= 15 is 0 Å². The van der Waals surface area contributed by atoms with Crippen LogP contribution in [0, 0.1) is 0 Å². The molecule has 1 aromatic heterocycles. The molecule has 1 amide bonds. The van der Waals surface area contributed by atoms with Crippen molar-refractivity contribution in [1.29, 1.82) is 0 Å². The van der Waals surface area contributed by atoms with Gasteiger partial charge in [-0.3, -0.25) is 14.2 Å². The van der Waals surface area contributed by atoms with Crippen molar-refractivity contribution in [3.05, 3.63) is 74.2 Å². The first-order chi connectivity index (χ1) is 13.8. The summed E-state index contributed by atoms with van der Waals surface area (Å²) in [5.74, 6) is -0.220. The van der Waals surface area contributed by atoms with Gasteiger partial charge in [-0.2, -0.15) is 5.10 Å². The molecule has 1 heterocycles. The van der Waals surface area contributed by atoms with Crippen LogP contribution in [0.2, 0.25) is 0 Å². The first kappa shape index (κ1) is 21.8. The van der Waals surface area contributed by atoms with Gasteiger partial charge in [0.15, 0.2) is 0 Å². The zero-order valence-corrected chi connectivity index (χ0v) is 16.9. The van der Waals surface area contributed by atoms with E-state index in [1.54, 1.807) is 26.2 Å². The number of hydrogen-bond donors (Lipinski definition) is 1. The number of amides is 1. The Kier molecular flexibility index (Phi) is 7.27. The van der Waals surface area contributed by atoms with Gasteiger partial charge in [-0.25, -0.2) is 9.48 Å². The Labute approximate surface area is 167 Å². The number of carbonyl (C=O) groups excluding carboxylic acids is 1. The second-order valence-electron chi connectivity index (χ2n) is 6.31. The number of carbonyl (C=O) groups is 1. The first-order valence-corrected chi connectivity index (χ1v) is 8.75. The highest BCUT2D eigenvalue weighted by Gasteiger charge is 2.19. The highest BCUT2D eigenvalue weighted by molar-refractivity contribution is 5.92. The molecule has 0 fully saturated rings. The Hall–Kier alpha value is -3.46. The molecule has 0 bridgehead atoms. The van der Waals surface area contributed by atoms with Crippen LogP contribution in [0.1, 0.15) is 28.5 Å². The number of nitrogens with one attached hydrogen (secondary N) is 1. The molecule has 0 spiro atoms. The SMILES string of the molecule is C=C(C)NC(=O)c1nn(C)c(=O)n(Cc2cc(C=CCOC)ccc2OC)c1=O. The normalized spacial score (nSPS) is 10.9. The summed E-state index contributed by atoms with van der Waals surface area (Å²) in [6, 6.07) is 5.38. The second kappa shape index (κ2) is 9.65. The quantitative estimate of drug-likeness (QED) is 0.707. The maximum Gasteiger partial charge on any atom is 0.347 e. The number of hydrogen-bond acceptors (Lipinski definition) is 6. The van der Waals surface area contributed by atoms with Crippen LogP contribution in [0.25, 0.3) is 6.08 Å². The zero-order valence-electron chi connectivity index (χ0n) is 16.9. The molecule has 29 heavy (non-hydrogen) atoms. The van der Waals surface area contributed by atoms with Crippen LogP contribution in [0.15, 0.2) is 46.1 Å². The first-order valence-electron chi connectivity index (χ1n) is 8.75. The molecule has 0 saturated carbocycles. The maximum absolute atomic E-state index is 12.8. The van der Waals surface area contributed by atoms with Crippen LogP contribution in [0.5, 0.6) is 5.75 Å². The average molecular weight is 400 g/mol. The third-order valence-electron chi connectivity index (χ3n) is 3.95. The number of benzene rings is 1. The van der Waals surface area contributed by atoms with Crippen molar-refractivity contribution in [2.24, 2.45) is 7.05 Å². The molecule has 0 unspecified atom stereocenters. The molecule has 0 aliphatic carbocycles. The molecule has 0 aliphatic heterocycles. The van der Waals surface area contributed by atoms with Crippen molar-refractivity contribution in [2.75, 3.05) is 20.8 Å². The van der Waals surface area contributed by atoms with Gasteiger partial charge in [-0.05, 0) is 24.6 Å². The van der Waals surface area contributed by atoms with E-state index in [1.807, 2.05) is 18.2 Å². The average Bonchev–Trinajstić information content (AvgIpc) is 2.67. The van der Waals surface area contributed by atoms with E-state index in [9.17, 15) is 14.4 Å². The summed E-state index contributed by atoms with van der Waals surface area (Å²) < 4.78 is 12.2. The fourth-order valence-electron chi connectivity index (χ4n) is 2.64. The van der Waals surface area contributed by atoms with Crippen LogP contribution in [0.3, 0.4) is 0 Å². The topological polar surface area (TPSA) is 104 Å². The van der Waals surface area contributed by atoms with Crippen molar-refractivity contribution >= 4 is 12.0 Å². The molecule has 0 radical (unpaired) electrons. The molecule has 9 nitrogen and oxygen atoms in total. The lowest BCUT2D eigenvalue weighted by Gasteiger charge is -2.13. The minimum absolute atomic E-state index is 0.0868. The van der Waals surface area contributed by atoms with Crippen LogP contribution >= 0.6 is 0 Å². The number of nitrogens with zero attached hydrogens (tertiary/aromatic N) is 3. The highest BCUT2D eigenvalue weighted by Crippen LogP contribution is 2.21. The Balaban J connectivity index is 2.53. The summed E-state index contributed by atoms with van der Waals surface area (Å²) in [7, 11) is 4.46. The number of aryl methyl sites for hydroxylation is 1. The van der Waals surface area contributed by atoms with E-state index in [0.717, 1.165) is 14.8 Å². The Morgan fingerprint density at radius 1 is 1.31 bits per heavy atom. The smallest absolute Gasteiger partial charge is 0.347 e. The highest BCUT2D eigenvalue weighted by atomic mass is 16.5. The van der Waals surface area contributed by atoms with E-state index in [-0.39, 0.29) is 6.54 Å². The van der Waals surface area contributed by atoms with Crippen LogP contribution < -0.4 is 21.3 Å². The predicted octanol–water partition coefficient (Wildman–Crippen LogP) is 0.922. The number of allylic oxidation sites excluding steroid dienone is 1. The number of methoxy groups -OCH3 is 2. The van der Waals surface area contributed by atoms with Crippen LogP contribution in [0.4, 0.5) is 0 Å². The summed E-state index contributed by atoms with van der Waals surface area (Å²) in [5.41, 5.74) is -0.0433. The van der Waals surface area contributed by atoms with Gasteiger partial charge in [0.05, 0.1) is 20.3 Å². The predicted molar refractivity (Wildman–Crippen MR) is 109 cm³/mol. The minimum Gasteiger partial charge on any atom is -0.496 e. The fraction of sp³-hybridized carbons (Fsp3) is 0.300. The molecule has 2 aromatic rings. The molecular weight excluding hydrogens is 376 g/mol. The van der Waals surface area contributed by atoms with Gasteiger partial charge >= 0.3 is 5.69 Å². The van der Waals surface area contributed by atoms with E-state index in [1.165, 1.54) is 14.2 Å². The van der Waals surface area contributed by atoms with Crippen LogP contribution in [-0.4, -0.2) is 41.1 Å². The zero-order chi connectivity index (χ0) is 21.6. The molecule has 154 valence electrons. The van der Waals surface area contributed by atoms with Gasteiger partial charge in [0, 0.05) is 25.4 Å². The van der Waals surface area contributed by atoms with Crippen molar-refractivity contribution in [3.63, 3.8) is 0 Å². The second-order valence-corrected chi connectivity index (χ2v) is 6.31. The molecule has 1 aromatic carbocycles. The molecule has 1 N–H and O–H groups in total. The largest absolute Gasteiger partial charge is 0.496 e. The Morgan fingerprint density at radius 3 is 2.66 bits per heavy atom. The summed E-state index contributed by atoms with van der Waals surface area (Å²) in [6.45, 7) is 5.51. The van der Waals surface area contributed by atoms with E-state index in [2.05, 4.69) is 17.0 Å². The standard InChI is InChI=1S/C20H24N4O5/c1-13(2)21-18(25)17-19(26)24(20(27)23(3)22-17)12-15-11-14(7-6-10-28-4)8-9-16(15)29-5/h6-9,11H,1,10,12H2,2-5H3,(H,21,25). The van der Waals surface area contributed by atoms with E-state index in [4.69, 9.17) is 9.47 Å². The van der Waals surface area contributed by atoms with Crippen molar-refractivity contribution in [1.82, 2.24) is 19.7 Å². The fourth-order valence-corrected chi connectivity index (χ4v) is 2.64. The number of ether oxygens (including phenoxy) is 2. The van der Waals surface area contributed by atoms with Gasteiger partial charge < -0.3 is 14.8 Å². The van der Waals surface area contributed by atoms with E-state index in [0.29, 0.717) is 23.6 Å². The molecule has 0 saturated heterocycles. The van der Waals surface area contributed by atoms with Gasteiger partial charge in [0.25, 0.3) is 11.5 Å². The van der Waals surface area contributed by atoms with Gasteiger partial charge in [0.1, 0.15) is 5.75 Å². The summed E-state index contributed by atoms with van der Waals surface area (Å²) in [4.78, 5) is 37.6. The lowest BCUT2D eigenvalue weighted by Crippen LogP contribution is -2.45. The summed E-state index contributed by atoms with van der Waals surface area (Å²) >= 11 is 0. The molecular formula is C20H24N4O5. The molecule has 0 aliphatic rings. The monoisotopic (exact) mass is 400 g/mol. The summed E-state index contributed by atoms with van der Waals surface area (Å²) in [5, 5.41) is 6.23. The summed E-state index contributed by atoms with van der Waals surface area (Å²) in [6.07, 6.45) is 3.69. The van der Waals surface area contributed by atoms with Gasteiger partial charge in [-0.1, -0.05) is 24.8 Å². The third kappa shape index (κ3) is 5.29. The Morgan fingerprint density at radius 2 is 2.03 bits per heavy atom. The van der Waals surface area contributed by atoms with E-state index < -0.39 is 22.9 Å². The van der Waals surface area contributed by atoms with Gasteiger partial charge in [0.2, 0.25) is 5.69 Å². The lowest BCUT2D eigenvalue weighted by molar-refractivity contribution is 0.0956. The number of aromatic nitrogens is 3. The van der Waals surface area contributed by atoms with Crippen molar-refractivity contribution in [2.45, 2.75) is 13.5 Å². The van der Waals surface area contributed by atoms with Crippen LogP contribution in [-0.2, 0) is 18.3 Å². The van der Waals surface area contributed by atoms with Crippen molar-refractivity contribution < 1.29 is 14.3 Å². The minimum atomic E-state index is -0.797. The molecule has 9 heteroatoms. The molecule has 0 atom stereocenters.